The van der Waals surface area contributed by atoms with Crippen molar-refractivity contribution < 1.29 is 28.0 Å². The Labute approximate surface area is 198 Å². The molecule has 0 aliphatic rings. The number of phosphoric acid groups is 1. The summed E-state index contributed by atoms with van der Waals surface area (Å²) in [5.74, 6) is -0.181. The lowest BCUT2D eigenvalue weighted by Gasteiger charge is -2.15. The highest BCUT2D eigenvalue weighted by molar-refractivity contribution is 7.46. The van der Waals surface area contributed by atoms with Gasteiger partial charge >= 0.3 is 7.82 Å². The third kappa shape index (κ3) is 7.41. The van der Waals surface area contributed by atoms with Crippen LogP contribution < -0.4 is 15.8 Å². The van der Waals surface area contributed by atoms with Gasteiger partial charge in [0, 0.05) is 17.7 Å². The van der Waals surface area contributed by atoms with E-state index in [2.05, 4.69) is 25.0 Å². The van der Waals surface area contributed by atoms with Crippen molar-refractivity contribution in [2.75, 3.05) is 18.5 Å². The van der Waals surface area contributed by atoms with Gasteiger partial charge in [-0.2, -0.15) is 0 Å². The van der Waals surface area contributed by atoms with Gasteiger partial charge in [0.15, 0.2) is 16.6 Å². The average Bonchev–Trinajstić information content (AvgIpc) is 3.22. The predicted octanol–water partition coefficient (Wildman–Crippen LogP) is 3.70. The molecule has 0 fully saturated rings. The van der Waals surface area contributed by atoms with Gasteiger partial charge in [-0.25, -0.2) is 13.9 Å². The summed E-state index contributed by atoms with van der Waals surface area (Å²) in [6.07, 6.45) is 0. The van der Waals surface area contributed by atoms with Gasteiger partial charge in [-0.05, 0) is 32.0 Å². The number of pyridine rings is 1. The van der Waals surface area contributed by atoms with Crippen LogP contribution in [0.2, 0.25) is 5.02 Å². The molecule has 33 heavy (non-hydrogen) atoms. The Morgan fingerprint density at radius 3 is 2.67 bits per heavy atom. The van der Waals surface area contributed by atoms with Gasteiger partial charge in [-0.3, -0.25) is 4.52 Å². The number of anilines is 1. The molecule has 3 rings (SSSR count). The summed E-state index contributed by atoms with van der Waals surface area (Å²) >= 11 is 7.53. The van der Waals surface area contributed by atoms with E-state index >= 15 is 0 Å². The fourth-order valence-corrected chi connectivity index (χ4v) is 4.13. The van der Waals surface area contributed by atoms with Crippen LogP contribution in [0, 0.1) is 5.82 Å². The third-order valence-electron chi connectivity index (χ3n) is 3.99. The Kier molecular flexibility index (Phi) is 8.35. The summed E-state index contributed by atoms with van der Waals surface area (Å²) in [5.41, 5.74) is 6.60. The minimum atomic E-state index is -4.65. The van der Waals surface area contributed by atoms with E-state index in [0.717, 1.165) is 0 Å². The molecule has 10 nitrogen and oxygen atoms in total. The van der Waals surface area contributed by atoms with Crippen LogP contribution in [0.1, 0.15) is 13.8 Å². The summed E-state index contributed by atoms with van der Waals surface area (Å²) < 4.78 is 34.9. The van der Waals surface area contributed by atoms with E-state index in [0.29, 0.717) is 27.1 Å². The molecule has 5 N–H and O–H groups in total. The molecule has 0 unspecified atom stereocenters. The molecule has 0 amide bonds. The lowest BCUT2D eigenvalue weighted by Crippen LogP contribution is -2.32. The number of nitrogens with two attached hydrogens (primary N) is 1. The van der Waals surface area contributed by atoms with Crippen LogP contribution in [0.15, 0.2) is 30.3 Å². The molecular formula is C19H22ClFN5O5PS. The number of phosphoric ester groups is 1. The SMILES string of the molecule is CC(C)Nc1cccc(-c2nnc(-c3cc(F)c(OC[C@@H](N)COP(=O)(O)O)cc3Cl)s2)n1. The zero-order valence-electron chi connectivity index (χ0n) is 17.6. The number of aromatic nitrogens is 3. The van der Waals surface area contributed by atoms with E-state index in [-0.39, 0.29) is 23.4 Å². The largest absolute Gasteiger partial charge is 0.489 e. The van der Waals surface area contributed by atoms with Gasteiger partial charge in [0.05, 0.1) is 17.7 Å². The van der Waals surface area contributed by atoms with Crippen LogP contribution in [-0.4, -0.2) is 50.3 Å². The van der Waals surface area contributed by atoms with Gasteiger partial charge < -0.3 is 25.6 Å². The number of hydrogen-bond acceptors (Lipinski definition) is 9. The molecule has 1 atom stereocenters. The molecule has 2 heterocycles. The van der Waals surface area contributed by atoms with E-state index in [9.17, 15) is 8.96 Å². The Hall–Kier alpha value is -2.18. The van der Waals surface area contributed by atoms with E-state index < -0.39 is 26.3 Å². The lowest BCUT2D eigenvalue weighted by molar-refractivity contribution is 0.164. The summed E-state index contributed by atoms with van der Waals surface area (Å²) in [6, 6.07) is 7.26. The first kappa shape index (κ1) is 25.4. The Morgan fingerprint density at radius 1 is 1.24 bits per heavy atom. The van der Waals surface area contributed by atoms with Gasteiger partial charge in [0.25, 0.3) is 0 Å². The molecular weight excluding hydrogens is 496 g/mol. The van der Waals surface area contributed by atoms with Crippen LogP contribution in [-0.2, 0) is 9.09 Å². The Balaban J connectivity index is 1.73. The monoisotopic (exact) mass is 517 g/mol. The molecule has 1 aromatic carbocycles. The minimum absolute atomic E-state index is 0.172. The Bertz CT molecular complexity index is 1160. The first-order chi connectivity index (χ1) is 15.5. The second-order valence-corrected chi connectivity index (χ2v) is 9.86. The average molecular weight is 518 g/mol. The molecule has 0 saturated carbocycles. The summed E-state index contributed by atoms with van der Waals surface area (Å²) in [6.45, 7) is 3.30. The number of rotatable bonds is 10. The van der Waals surface area contributed by atoms with Crippen molar-refractivity contribution in [1.82, 2.24) is 15.2 Å². The number of benzene rings is 1. The molecule has 3 aromatic rings. The quantitative estimate of drug-likeness (QED) is 0.293. The number of halogens is 2. The number of nitrogens with zero attached hydrogens (tertiary/aromatic N) is 3. The maximum Gasteiger partial charge on any atom is 0.469 e. The molecule has 14 heteroatoms. The highest BCUT2D eigenvalue weighted by atomic mass is 35.5. The molecule has 2 aromatic heterocycles. The summed E-state index contributed by atoms with van der Waals surface area (Å²) in [7, 11) is -4.65. The summed E-state index contributed by atoms with van der Waals surface area (Å²) in [5, 5.41) is 12.6. The van der Waals surface area contributed by atoms with Gasteiger partial charge in [0.1, 0.15) is 23.1 Å². The standard InChI is InChI=1S/C19H22ClFN5O5PS/c1-10(2)23-17-5-3-4-15(24-17)19-26-25-18(33-19)12-6-14(21)16(7-13(12)20)30-8-11(22)9-31-32(27,28)29/h3-7,10-11H,8-9,22H2,1-2H3,(H,23,24)(H2,27,28,29)/t11-/m1/s1. The highest BCUT2D eigenvalue weighted by Gasteiger charge is 2.19. The molecule has 0 aliphatic carbocycles. The van der Waals surface area contributed by atoms with E-state index in [1.807, 2.05) is 26.0 Å². The second-order valence-electron chi connectivity index (χ2n) is 7.24. The van der Waals surface area contributed by atoms with Crippen molar-refractivity contribution in [3.63, 3.8) is 0 Å². The first-order valence-electron chi connectivity index (χ1n) is 9.67. The van der Waals surface area contributed by atoms with Crippen molar-refractivity contribution in [1.29, 1.82) is 0 Å². The molecule has 0 saturated heterocycles. The van der Waals surface area contributed by atoms with Crippen molar-refractivity contribution in [2.24, 2.45) is 5.73 Å². The van der Waals surface area contributed by atoms with Crippen LogP contribution in [0.4, 0.5) is 10.2 Å². The maximum absolute atomic E-state index is 14.6. The fraction of sp³-hybridized carbons (Fsp3) is 0.316. The Morgan fingerprint density at radius 2 is 1.97 bits per heavy atom. The molecule has 0 radical (unpaired) electrons. The molecule has 0 spiro atoms. The van der Waals surface area contributed by atoms with Gasteiger partial charge in [0.2, 0.25) is 0 Å². The second kappa shape index (κ2) is 10.8. The van der Waals surface area contributed by atoms with E-state index in [4.69, 9.17) is 31.9 Å². The van der Waals surface area contributed by atoms with E-state index in [1.54, 1.807) is 6.07 Å². The zero-order chi connectivity index (χ0) is 24.2. The molecule has 0 bridgehead atoms. The zero-order valence-corrected chi connectivity index (χ0v) is 20.1. The van der Waals surface area contributed by atoms with Crippen molar-refractivity contribution in [3.05, 3.63) is 41.2 Å². The van der Waals surface area contributed by atoms with Gasteiger partial charge in [-0.15, -0.1) is 10.2 Å². The van der Waals surface area contributed by atoms with Crippen LogP contribution in [0.25, 0.3) is 21.3 Å². The lowest BCUT2D eigenvalue weighted by atomic mass is 10.2. The van der Waals surface area contributed by atoms with Crippen LogP contribution >= 0.6 is 30.8 Å². The fourth-order valence-electron chi connectivity index (χ4n) is 2.61. The maximum atomic E-state index is 14.6. The normalized spacial score (nSPS) is 12.7. The summed E-state index contributed by atoms with van der Waals surface area (Å²) in [4.78, 5) is 21.9. The molecule has 178 valence electrons. The minimum Gasteiger partial charge on any atom is -0.489 e. The van der Waals surface area contributed by atoms with Crippen molar-refractivity contribution in [2.45, 2.75) is 25.9 Å². The number of hydrogen-bond donors (Lipinski definition) is 4. The number of ether oxygens (including phenoxy) is 1. The molecule has 0 aliphatic heterocycles. The van der Waals surface area contributed by atoms with Gasteiger partial charge in [-0.1, -0.05) is 29.0 Å². The highest BCUT2D eigenvalue weighted by Crippen LogP contribution is 2.37. The predicted molar refractivity (Wildman–Crippen MR) is 124 cm³/mol. The van der Waals surface area contributed by atoms with Crippen LogP contribution in [0.5, 0.6) is 5.75 Å². The topological polar surface area (TPSA) is 153 Å². The first-order valence-corrected chi connectivity index (χ1v) is 12.4. The van der Waals surface area contributed by atoms with Crippen molar-refractivity contribution in [3.8, 4) is 27.0 Å². The third-order valence-corrected chi connectivity index (χ3v) is 5.77. The van der Waals surface area contributed by atoms with Crippen molar-refractivity contribution >= 4 is 36.6 Å². The van der Waals surface area contributed by atoms with Crippen LogP contribution in [0.3, 0.4) is 0 Å². The van der Waals surface area contributed by atoms with E-state index in [1.165, 1.54) is 23.5 Å². The smallest absolute Gasteiger partial charge is 0.469 e. The number of nitrogens with one attached hydrogen (secondary N) is 1.